The lowest BCUT2D eigenvalue weighted by atomic mass is 10.1. The smallest absolute Gasteiger partial charge is 0.257 e. The number of nitrogens with zero attached hydrogens (tertiary/aromatic N) is 1. The molecule has 1 aromatic heterocycles. The second-order valence-electron chi connectivity index (χ2n) is 5.20. The second kappa shape index (κ2) is 7.53. The van der Waals surface area contributed by atoms with Crippen LogP contribution >= 0.6 is 0 Å². The summed E-state index contributed by atoms with van der Waals surface area (Å²) in [5, 5.41) is 2.50. The van der Waals surface area contributed by atoms with E-state index < -0.39 is 23.1 Å². The standard InChI is InChI=1S/C19H14F2N2O2/c20-15-7-4-8-16(21)18(15)19(24)23-12-13-5-3-6-14(11-13)25-17-9-1-2-10-22-17/h1-11H,12H2,(H,23,24). The van der Waals surface area contributed by atoms with Crippen LogP contribution in [-0.2, 0) is 6.54 Å². The molecule has 1 amide bonds. The number of carbonyl (C=O) groups is 1. The van der Waals surface area contributed by atoms with Gasteiger partial charge in [-0.2, -0.15) is 0 Å². The van der Waals surface area contributed by atoms with Crippen LogP contribution in [0.25, 0.3) is 0 Å². The molecule has 0 radical (unpaired) electrons. The first-order valence-corrected chi connectivity index (χ1v) is 7.53. The van der Waals surface area contributed by atoms with Gasteiger partial charge in [-0.15, -0.1) is 0 Å². The SMILES string of the molecule is O=C(NCc1cccc(Oc2ccccn2)c1)c1c(F)cccc1F. The van der Waals surface area contributed by atoms with E-state index in [-0.39, 0.29) is 6.54 Å². The average Bonchev–Trinajstić information content (AvgIpc) is 2.61. The molecule has 6 heteroatoms. The van der Waals surface area contributed by atoms with E-state index in [1.54, 1.807) is 48.7 Å². The average molecular weight is 340 g/mol. The second-order valence-corrected chi connectivity index (χ2v) is 5.20. The summed E-state index contributed by atoms with van der Waals surface area (Å²) in [6.07, 6.45) is 1.61. The summed E-state index contributed by atoms with van der Waals surface area (Å²) in [4.78, 5) is 16.1. The molecular formula is C19H14F2N2O2. The minimum absolute atomic E-state index is 0.103. The Hall–Kier alpha value is -3.28. The summed E-state index contributed by atoms with van der Waals surface area (Å²) < 4.78 is 32.8. The molecule has 3 rings (SSSR count). The number of aromatic nitrogens is 1. The molecule has 0 unspecified atom stereocenters. The number of carbonyl (C=O) groups excluding carboxylic acids is 1. The molecule has 0 saturated heterocycles. The molecule has 1 N–H and O–H groups in total. The van der Waals surface area contributed by atoms with E-state index in [1.807, 2.05) is 0 Å². The number of hydrogen-bond acceptors (Lipinski definition) is 3. The van der Waals surface area contributed by atoms with E-state index in [4.69, 9.17) is 4.74 Å². The summed E-state index contributed by atoms with van der Waals surface area (Å²) in [7, 11) is 0. The van der Waals surface area contributed by atoms with E-state index >= 15 is 0 Å². The lowest BCUT2D eigenvalue weighted by Crippen LogP contribution is -2.25. The van der Waals surface area contributed by atoms with Gasteiger partial charge < -0.3 is 10.1 Å². The minimum Gasteiger partial charge on any atom is -0.439 e. The van der Waals surface area contributed by atoms with Gasteiger partial charge in [0, 0.05) is 18.8 Å². The zero-order chi connectivity index (χ0) is 17.6. The van der Waals surface area contributed by atoms with E-state index in [1.165, 1.54) is 6.07 Å². The van der Waals surface area contributed by atoms with Crippen molar-refractivity contribution >= 4 is 5.91 Å². The van der Waals surface area contributed by atoms with Crippen LogP contribution in [0.5, 0.6) is 11.6 Å². The third kappa shape index (κ3) is 4.17. The van der Waals surface area contributed by atoms with Crippen molar-refractivity contribution in [2.75, 3.05) is 0 Å². The topological polar surface area (TPSA) is 51.2 Å². The maximum Gasteiger partial charge on any atom is 0.257 e. The fourth-order valence-electron chi connectivity index (χ4n) is 2.23. The number of hydrogen-bond donors (Lipinski definition) is 1. The number of nitrogens with one attached hydrogen (secondary N) is 1. The van der Waals surface area contributed by atoms with Gasteiger partial charge in [0.05, 0.1) is 0 Å². The van der Waals surface area contributed by atoms with Gasteiger partial charge in [0.15, 0.2) is 0 Å². The van der Waals surface area contributed by atoms with Crippen molar-refractivity contribution in [2.45, 2.75) is 6.54 Å². The van der Waals surface area contributed by atoms with Crippen LogP contribution in [0, 0.1) is 11.6 Å². The van der Waals surface area contributed by atoms with Crippen LogP contribution in [0.1, 0.15) is 15.9 Å². The number of amides is 1. The van der Waals surface area contributed by atoms with Crippen molar-refractivity contribution in [1.82, 2.24) is 10.3 Å². The first-order chi connectivity index (χ1) is 12.1. The Morgan fingerprint density at radius 3 is 2.48 bits per heavy atom. The van der Waals surface area contributed by atoms with Crippen molar-refractivity contribution in [3.8, 4) is 11.6 Å². The molecule has 25 heavy (non-hydrogen) atoms. The number of pyridine rings is 1. The van der Waals surface area contributed by atoms with E-state index in [0.29, 0.717) is 11.6 Å². The Morgan fingerprint density at radius 2 is 1.76 bits per heavy atom. The molecule has 0 aliphatic carbocycles. The normalized spacial score (nSPS) is 10.3. The van der Waals surface area contributed by atoms with Crippen LogP contribution in [0.15, 0.2) is 66.9 Å². The third-order valence-electron chi connectivity index (χ3n) is 3.40. The Bertz CT molecular complexity index is 865. The largest absolute Gasteiger partial charge is 0.439 e. The van der Waals surface area contributed by atoms with Gasteiger partial charge in [-0.25, -0.2) is 13.8 Å². The van der Waals surface area contributed by atoms with Crippen LogP contribution in [0.2, 0.25) is 0 Å². The molecule has 0 spiro atoms. The molecule has 3 aromatic rings. The number of benzene rings is 2. The summed E-state index contributed by atoms with van der Waals surface area (Å²) in [5.74, 6) is -1.62. The fraction of sp³-hybridized carbons (Fsp3) is 0.0526. The monoisotopic (exact) mass is 340 g/mol. The first kappa shape index (κ1) is 16.6. The minimum atomic E-state index is -0.898. The molecule has 2 aromatic carbocycles. The van der Waals surface area contributed by atoms with Crippen molar-refractivity contribution < 1.29 is 18.3 Å². The van der Waals surface area contributed by atoms with E-state index in [2.05, 4.69) is 10.3 Å². The highest BCUT2D eigenvalue weighted by molar-refractivity contribution is 5.94. The number of ether oxygens (including phenoxy) is 1. The van der Waals surface area contributed by atoms with Gasteiger partial charge in [0.1, 0.15) is 22.9 Å². The lowest BCUT2D eigenvalue weighted by Gasteiger charge is -2.09. The van der Waals surface area contributed by atoms with Crippen molar-refractivity contribution in [3.63, 3.8) is 0 Å². The number of halogens is 2. The van der Waals surface area contributed by atoms with Gasteiger partial charge >= 0.3 is 0 Å². The van der Waals surface area contributed by atoms with Crippen LogP contribution in [0.4, 0.5) is 8.78 Å². The van der Waals surface area contributed by atoms with Gasteiger partial charge in [0.2, 0.25) is 5.88 Å². The highest BCUT2D eigenvalue weighted by atomic mass is 19.1. The quantitative estimate of drug-likeness (QED) is 0.761. The zero-order valence-electron chi connectivity index (χ0n) is 13.1. The maximum atomic E-state index is 13.6. The van der Waals surface area contributed by atoms with Crippen LogP contribution < -0.4 is 10.1 Å². The Kier molecular flexibility index (Phi) is 4.99. The van der Waals surface area contributed by atoms with Crippen LogP contribution in [-0.4, -0.2) is 10.9 Å². The molecule has 0 bridgehead atoms. The molecule has 0 fully saturated rings. The van der Waals surface area contributed by atoms with Crippen molar-refractivity contribution in [1.29, 1.82) is 0 Å². The Balaban J connectivity index is 1.67. The molecule has 4 nitrogen and oxygen atoms in total. The highest BCUT2D eigenvalue weighted by Gasteiger charge is 2.16. The number of rotatable bonds is 5. The molecular weight excluding hydrogens is 326 g/mol. The predicted molar refractivity (Wildman–Crippen MR) is 88.3 cm³/mol. The molecule has 0 aliphatic rings. The molecule has 0 saturated carbocycles. The lowest BCUT2D eigenvalue weighted by molar-refractivity contribution is 0.0942. The molecule has 126 valence electrons. The fourth-order valence-corrected chi connectivity index (χ4v) is 2.23. The summed E-state index contributed by atoms with van der Waals surface area (Å²) in [5.41, 5.74) is 0.127. The predicted octanol–water partition coefficient (Wildman–Crippen LogP) is 4.08. The van der Waals surface area contributed by atoms with Gasteiger partial charge in [-0.05, 0) is 35.9 Å². The van der Waals surface area contributed by atoms with E-state index in [9.17, 15) is 13.6 Å². The van der Waals surface area contributed by atoms with Crippen molar-refractivity contribution in [2.24, 2.45) is 0 Å². The zero-order valence-corrected chi connectivity index (χ0v) is 13.1. The Morgan fingerprint density at radius 1 is 1.00 bits per heavy atom. The summed E-state index contributed by atoms with van der Waals surface area (Å²) in [6, 6.07) is 15.6. The highest BCUT2D eigenvalue weighted by Crippen LogP contribution is 2.20. The third-order valence-corrected chi connectivity index (χ3v) is 3.40. The van der Waals surface area contributed by atoms with Gasteiger partial charge in [-0.3, -0.25) is 4.79 Å². The molecule has 0 atom stereocenters. The maximum absolute atomic E-state index is 13.6. The first-order valence-electron chi connectivity index (χ1n) is 7.53. The van der Waals surface area contributed by atoms with Crippen LogP contribution in [0.3, 0.4) is 0 Å². The summed E-state index contributed by atoms with van der Waals surface area (Å²) in [6.45, 7) is 0.103. The molecule has 1 heterocycles. The van der Waals surface area contributed by atoms with Gasteiger partial charge in [-0.1, -0.05) is 24.3 Å². The van der Waals surface area contributed by atoms with Crippen molar-refractivity contribution in [3.05, 3.63) is 89.6 Å². The van der Waals surface area contributed by atoms with E-state index in [0.717, 1.165) is 17.7 Å². The molecule has 0 aliphatic heterocycles. The summed E-state index contributed by atoms with van der Waals surface area (Å²) >= 11 is 0. The Labute approximate surface area is 143 Å². The van der Waals surface area contributed by atoms with Gasteiger partial charge in [0.25, 0.3) is 5.91 Å².